The van der Waals surface area contributed by atoms with Crippen LogP contribution in [0.1, 0.15) is 26.3 Å². The van der Waals surface area contributed by atoms with Gasteiger partial charge in [0.2, 0.25) is 0 Å². The van der Waals surface area contributed by atoms with Crippen LogP contribution in [0.15, 0.2) is 65.8 Å². The van der Waals surface area contributed by atoms with Crippen molar-refractivity contribution in [2.75, 3.05) is 7.11 Å². The summed E-state index contributed by atoms with van der Waals surface area (Å²) in [5, 5.41) is 14.1. The molecule has 0 spiro atoms. The maximum atomic E-state index is 12.4. The fourth-order valence-electron chi connectivity index (χ4n) is 2.55. The molecular weight excluding hydrogens is 443 g/mol. The number of aromatic hydroxyl groups is 1. The van der Waals surface area contributed by atoms with Crippen molar-refractivity contribution in [3.05, 3.63) is 87.4 Å². The summed E-state index contributed by atoms with van der Waals surface area (Å²) in [5.41, 5.74) is 3.15. The molecule has 158 valence electrons. The largest absolute Gasteiger partial charge is 0.507 e. The van der Waals surface area contributed by atoms with E-state index in [1.54, 1.807) is 24.3 Å². The zero-order valence-electron chi connectivity index (χ0n) is 16.1. The number of phenols is 1. The van der Waals surface area contributed by atoms with Crippen LogP contribution in [-0.4, -0.2) is 30.3 Å². The van der Waals surface area contributed by atoms with Crippen LogP contribution < -0.4 is 14.9 Å². The number of benzene rings is 3. The molecule has 0 aliphatic carbocycles. The maximum absolute atomic E-state index is 12.4. The Labute approximate surface area is 187 Å². The second-order valence-corrected chi connectivity index (χ2v) is 6.98. The molecule has 3 rings (SSSR count). The first-order valence-corrected chi connectivity index (χ1v) is 9.61. The van der Waals surface area contributed by atoms with Gasteiger partial charge in [-0.1, -0.05) is 35.3 Å². The Kier molecular flexibility index (Phi) is 7.12. The lowest BCUT2D eigenvalue weighted by molar-refractivity contribution is 0.0729. The van der Waals surface area contributed by atoms with E-state index in [1.807, 2.05) is 0 Å². The molecule has 0 atom stereocenters. The lowest BCUT2D eigenvalue weighted by Crippen LogP contribution is -2.17. The molecular formula is C22H16Cl2N2O5. The van der Waals surface area contributed by atoms with Crippen molar-refractivity contribution in [2.24, 2.45) is 5.10 Å². The number of methoxy groups -OCH3 is 1. The van der Waals surface area contributed by atoms with Crippen LogP contribution in [0.4, 0.5) is 0 Å². The van der Waals surface area contributed by atoms with E-state index < -0.39 is 11.9 Å². The van der Waals surface area contributed by atoms with E-state index in [0.717, 1.165) is 0 Å². The molecule has 0 heterocycles. The number of para-hydroxylation sites is 1. The van der Waals surface area contributed by atoms with Gasteiger partial charge in [0.15, 0.2) is 11.5 Å². The number of amides is 1. The van der Waals surface area contributed by atoms with Gasteiger partial charge in [0.25, 0.3) is 5.91 Å². The van der Waals surface area contributed by atoms with Crippen molar-refractivity contribution < 1.29 is 24.2 Å². The van der Waals surface area contributed by atoms with Crippen molar-refractivity contribution in [2.45, 2.75) is 0 Å². The molecule has 0 saturated heterocycles. The molecule has 0 unspecified atom stereocenters. The zero-order chi connectivity index (χ0) is 22.4. The monoisotopic (exact) mass is 458 g/mol. The molecule has 0 saturated carbocycles. The topological polar surface area (TPSA) is 97.2 Å². The van der Waals surface area contributed by atoms with E-state index >= 15 is 0 Å². The predicted molar refractivity (Wildman–Crippen MR) is 118 cm³/mol. The molecule has 1 amide bonds. The van der Waals surface area contributed by atoms with E-state index in [9.17, 15) is 14.7 Å². The summed E-state index contributed by atoms with van der Waals surface area (Å²) in [6.07, 6.45) is 1.38. The number of carbonyl (C=O) groups excluding carboxylic acids is 2. The summed E-state index contributed by atoms with van der Waals surface area (Å²) in [5.74, 6) is -0.935. The van der Waals surface area contributed by atoms with Gasteiger partial charge < -0.3 is 14.6 Å². The van der Waals surface area contributed by atoms with Crippen LogP contribution in [0.3, 0.4) is 0 Å². The predicted octanol–water partition coefficient (Wildman–Crippen LogP) is 4.69. The zero-order valence-corrected chi connectivity index (χ0v) is 17.6. The second-order valence-electron chi connectivity index (χ2n) is 6.14. The first-order valence-electron chi connectivity index (χ1n) is 8.85. The summed E-state index contributed by atoms with van der Waals surface area (Å²) < 4.78 is 10.6. The summed E-state index contributed by atoms with van der Waals surface area (Å²) in [6, 6.07) is 15.3. The summed E-state index contributed by atoms with van der Waals surface area (Å²) in [4.78, 5) is 24.5. The van der Waals surface area contributed by atoms with E-state index in [4.69, 9.17) is 32.7 Å². The van der Waals surface area contributed by atoms with E-state index in [-0.39, 0.29) is 33.4 Å². The number of carbonyl (C=O) groups is 2. The highest BCUT2D eigenvalue weighted by atomic mass is 35.5. The number of hydrazone groups is 1. The van der Waals surface area contributed by atoms with Crippen LogP contribution in [-0.2, 0) is 0 Å². The molecule has 3 aromatic rings. The van der Waals surface area contributed by atoms with Crippen molar-refractivity contribution in [1.29, 1.82) is 0 Å². The van der Waals surface area contributed by atoms with Gasteiger partial charge in [-0.15, -0.1) is 0 Å². The third kappa shape index (κ3) is 5.53. The Bertz CT molecular complexity index is 1160. The second kappa shape index (κ2) is 9.97. The minimum Gasteiger partial charge on any atom is -0.507 e. The molecule has 31 heavy (non-hydrogen) atoms. The SMILES string of the molecule is COc1cc(/C=N/NC(=O)c2ccccc2O)ccc1OC(=O)c1ccc(Cl)cc1Cl. The van der Waals surface area contributed by atoms with E-state index in [0.29, 0.717) is 10.6 Å². The third-order valence-corrected chi connectivity index (χ3v) is 4.62. The lowest BCUT2D eigenvalue weighted by Gasteiger charge is -2.10. The van der Waals surface area contributed by atoms with Crippen LogP contribution in [0.2, 0.25) is 10.0 Å². The Hall–Kier alpha value is -3.55. The van der Waals surface area contributed by atoms with Gasteiger partial charge in [-0.3, -0.25) is 4.79 Å². The van der Waals surface area contributed by atoms with Gasteiger partial charge in [-0.05, 0) is 54.1 Å². The molecule has 2 N–H and O–H groups in total. The number of hydrogen-bond donors (Lipinski definition) is 2. The van der Waals surface area contributed by atoms with Crippen molar-refractivity contribution in [1.82, 2.24) is 5.43 Å². The molecule has 9 heteroatoms. The minimum absolute atomic E-state index is 0.0975. The Balaban J connectivity index is 1.71. The average Bonchev–Trinajstić information content (AvgIpc) is 2.74. The molecule has 0 aliphatic heterocycles. The van der Waals surface area contributed by atoms with Crippen molar-refractivity contribution >= 4 is 41.3 Å². The molecule has 0 fully saturated rings. The van der Waals surface area contributed by atoms with Crippen LogP contribution in [0.5, 0.6) is 17.2 Å². The number of rotatable bonds is 6. The molecule has 0 aromatic heterocycles. The standard InChI is InChI=1S/C22H16Cl2N2O5/c1-30-20-10-13(12-25-26-21(28)16-4-2-3-5-18(16)27)6-9-19(20)31-22(29)15-8-7-14(23)11-17(15)24/h2-12,27H,1H3,(H,26,28)/b25-12+. The smallest absolute Gasteiger partial charge is 0.345 e. The first-order chi connectivity index (χ1) is 14.9. The van der Waals surface area contributed by atoms with Crippen LogP contribution in [0, 0.1) is 0 Å². The highest BCUT2D eigenvalue weighted by Crippen LogP contribution is 2.30. The summed E-state index contributed by atoms with van der Waals surface area (Å²) >= 11 is 11.9. The van der Waals surface area contributed by atoms with Crippen LogP contribution >= 0.6 is 23.2 Å². The van der Waals surface area contributed by atoms with E-state index in [2.05, 4.69) is 10.5 Å². The Morgan fingerprint density at radius 3 is 2.48 bits per heavy atom. The molecule has 0 aliphatic rings. The number of phenolic OH excluding ortho intramolecular Hbond substituents is 1. The minimum atomic E-state index is -0.670. The summed E-state index contributed by atoms with van der Waals surface area (Å²) in [7, 11) is 1.42. The van der Waals surface area contributed by atoms with Gasteiger partial charge in [-0.2, -0.15) is 5.10 Å². The van der Waals surface area contributed by atoms with E-state index in [1.165, 1.54) is 49.7 Å². The fraction of sp³-hybridized carbons (Fsp3) is 0.0455. The molecule has 0 bridgehead atoms. The fourth-order valence-corrected chi connectivity index (χ4v) is 3.04. The molecule has 0 radical (unpaired) electrons. The van der Waals surface area contributed by atoms with Gasteiger partial charge in [0.1, 0.15) is 5.75 Å². The number of hydrogen-bond acceptors (Lipinski definition) is 6. The first kappa shape index (κ1) is 22.1. The molecule has 7 nitrogen and oxygen atoms in total. The quantitative estimate of drug-likeness (QED) is 0.241. The number of nitrogens with zero attached hydrogens (tertiary/aromatic N) is 1. The normalized spacial score (nSPS) is 10.7. The van der Waals surface area contributed by atoms with Gasteiger partial charge >= 0.3 is 5.97 Å². The number of ether oxygens (including phenoxy) is 2. The highest BCUT2D eigenvalue weighted by molar-refractivity contribution is 6.36. The maximum Gasteiger partial charge on any atom is 0.345 e. The average molecular weight is 459 g/mol. The highest BCUT2D eigenvalue weighted by Gasteiger charge is 2.16. The Morgan fingerprint density at radius 2 is 1.77 bits per heavy atom. The lowest BCUT2D eigenvalue weighted by atomic mass is 10.2. The van der Waals surface area contributed by atoms with Crippen molar-refractivity contribution in [3.63, 3.8) is 0 Å². The number of halogens is 2. The van der Waals surface area contributed by atoms with Crippen molar-refractivity contribution in [3.8, 4) is 17.2 Å². The number of nitrogens with one attached hydrogen (secondary N) is 1. The number of esters is 1. The molecule has 3 aromatic carbocycles. The summed E-state index contributed by atoms with van der Waals surface area (Å²) in [6.45, 7) is 0. The van der Waals surface area contributed by atoms with Crippen LogP contribution in [0.25, 0.3) is 0 Å². The Morgan fingerprint density at radius 1 is 1.00 bits per heavy atom. The van der Waals surface area contributed by atoms with Gasteiger partial charge in [0.05, 0.1) is 29.5 Å². The van der Waals surface area contributed by atoms with Gasteiger partial charge in [0, 0.05) is 5.02 Å². The third-order valence-electron chi connectivity index (χ3n) is 4.07. The van der Waals surface area contributed by atoms with Gasteiger partial charge in [-0.25, -0.2) is 10.2 Å².